The quantitative estimate of drug-likeness (QED) is 0.129. The van der Waals surface area contributed by atoms with Crippen molar-refractivity contribution in [3.05, 3.63) is 289 Å². The second-order valence-electron chi connectivity index (χ2n) is 19.8. The number of hydrogen-bond acceptors (Lipinski definition) is 2. The van der Waals surface area contributed by atoms with Gasteiger partial charge in [-0.05, 0) is 129 Å². The highest BCUT2D eigenvalue weighted by Crippen LogP contribution is 2.55. The van der Waals surface area contributed by atoms with Crippen LogP contribution in [0.15, 0.2) is 260 Å². The molecule has 14 rings (SSSR count). The molecule has 0 amide bonds. The molecule has 2 aromatic heterocycles. The van der Waals surface area contributed by atoms with Crippen LogP contribution < -0.4 is 4.90 Å². The molecule has 0 fully saturated rings. The average Bonchev–Trinajstić information content (AvgIpc) is 4.11. The molecule has 0 atom stereocenters. The van der Waals surface area contributed by atoms with Crippen LogP contribution in [0.2, 0.25) is 0 Å². The monoisotopic (exact) mass is 946 g/mol. The number of anilines is 3. The Morgan fingerprint density at radius 3 is 1.65 bits per heavy atom. The van der Waals surface area contributed by atoms with Gasteiger partial charge < -0.3 is 13.9 Å². The van der Waals surface area contributed by atoms with Crippen LogP contribution in [0.3, 0.4) is 0 Å². The van der Waals surface area contributed by atoms with Crippen molar-refractivity contribution in [3.63, 3.8) is 0 Å². The van der Waals surface area contributed by atoms with Crippen LogP contribution >= 0.6 is 0 Å². The van der Waals surface area contributed by atoms with Crippen LogP contribution in [-0.4, -0.2) is 4.57 Å². The first-order valence-corrected chi connectivity index (χ1v) is 25.5. The maximum atomic E-state index is 6.55. The van der Waals surface area contributed by atoms with Crippen LogP contribution in [0.5, 0.6) is 0 Å². The van der Waals surface area contributed by atoms with E-state index in [1.165, 1.54) is 66.0 Å². The minimum absolute atomic E-state index is 0.486. The Hall–Kier alpha value is -9.44. The van der Waals surface area contributed by atoms with Crippen LogP contribution in [-0.2, 0) is 18.3 Å². The second-order valence-corrected chi connectivity index (χ2v) is 19.8. The highest BCUT2D eigenvalue weighted by Gasteiger charge is 2.44. The fourth-order valence-corrected chi connectivity index (χ4v) is 12.2. The van der Waals surface area contributed by atoms with Gasteiger partial charge in [-0.3, -0.25) is 0 Å². The first-order valence-electron chi connectivity index (χ1n) is 25.5. The van der Waals surface area contributed by atoms with Gasteiger partial charge in [0.2, 0.25) is 0 Å². The lowest BCUT2D eigenvalue weighted by Gasteiger charge is -2.35. The molecule has 1 aliphatic rings. The molecular weight excluding hydrogens is 897 g/mol. The Morgan fingerprint density at radius 1 is 0.432 bits per heavy atom. The molecule has 0 N–H and O–H groups in total. The number of rotatable bonds is 11. The fourth-order valence-electron chi connectivity index (χ4n) is 12.2. The van der Waals surface area contributed by atoms with Crippen molar-refractivity contribution in [3.8, 4) is 27.9 Å². The lowest BCUT2D eigenvalue weighted by atomic mass is 9.69. The summed E-state index contributed by atoms with van der Waals surface area (Å²) in [5.41, 5.74) is 20.2. The molecule has 0 unspecified atom stereocenters. The molecule has 0 aliphatic heterocycles. The molecule has 0 radical (unpaired) electrons. The molecule has 13 aromatic rings. The zero-order valence-corrected chi connectivity index (χ0v) is 40.9. The first kappa shape index (κ1) is 43.4. The number of nitrogens with zero attached hydrogens (tertiary/aromatic N) is 2. The summed E-state index contributed by atoms with van der Waals surface area (Å²) in [6, 6.07) is 89.3. The largest absolute Gasteiger partial charge is 0.455 e. The van der Waals surface area contributed by atoms with E-state index in [1.807, 2.05) is 18.2 Å². The molecule has 350 valence electrons. The van der Waals surface area contributed by atoms with E-state index >= 15 is 0 Å². The highest BCUT2D eigenvalue weighted by atomic mass is 16.3. The van der Waals surface area contributed by atoms with Crippen molar-refractivity contribution in [1.82, 2.24) is 4.57 Å². The SMILES string of the molecule is C=Cc1ccc(CC2(Cc3ccc(C=C)cc3)c3cc(N(c4ccc(-c5cccc6c5oc5ccccc56)cc4)c4cccc5ccccc45)ccc3-c3ccc(-n4c5ccccc5c5ccccc54)cc32)cc1. The Morgan fingerprint density at radius 2 is 0.973 bits per heavy atom. The fraction of sp³-hybridized carbons (Fsp3) is 0.0423. The summed E-state index contributed by atoms with van der Waals surface area (Å²) in [5.74, 6) is 0. The van der Waals surface area contributed by atoms with Crippen LogP contribution in [0.25, 0.3) is 94.6 Å². The zero-order valence-electron chi connectivity index (χ0n) is 40.9. The molecule has 0 bridgehead atoms. The van der Waals surface area contributed by atoms with Crippen molar-refractivity contribution < 1.29 is 4.42 Å². The lowest BCUT2D eigenvalue weighted by Crippen LogP contribution is -2.31. The predicted octanol–water partition coefficient (Wildman–Crippen LogP) is 19.0. The number of furan rings is 1. The second kappa shape index (κ2) is 17.4. The number of hydrogen-bond donors (Lipinski definition) is 0. The number of fused-ring (bicyclic) bond motifs is 10. The van der Waals surface area contributed by atoms with E-state index in [9.17, 15) is 0 Å². The van der Waals surface area contributed by atoms with Crippen molar-refractivity contribution in [1.29, 1.82) is 0 Å². The molecule has 3 nitrogen and oxygen atoms in total. The molecule has 74 heavy (non-hydrogen) atoms. The van der Waals surface area contributed by atoms with Crippen molar-refractivity contribution in [2.45, 2.75) is 18.3 Å². The van der Waals surface area contributed by atoms with E-state index in [0.717, 1.165) is 79.8 Å². The van der Waals surface area contributed by atoms with E-state index in [4.69, 9.17) is 4.42 Å². The van der Waals surface area contributed by atoms with E-state index in [0.29, 0.717) is 0 Å². The smallest absolute Gasteiger partial charge is 0.143 e. The topological polar surface area (TPSA) is 21.3 Å². The van der Waals surface area contributed by atoms with Gasteiger partial charge in [-0.2, -0.15) is 0 Å². The summed E-state index contributed by atoms with van der Waals surface area (Å²) >= 11 is 0. The summed E-state index contributed by atoms with van der Waals surface area (Å²) in [7, 11) is 0. The number of benzene rings is 11. The van der Waals surface area contributed by atoms with Gasteiger partial charge in [0.15, 0.2) is 0 Å². The first-order chi connectivity index (χ1) is 36.5. The minimum atomic E-state index is -0.486. The van der Waals surface area contributed by atoms with E-state index < -0.39 is 5.41 Å². The molecule has 2 heterocycles. The third kappa shape index (κ3) is 6.96. The van der Waals surface area contributed by atoms with Gasteiger partial charge in [0.05, 0.1) is 16.7 Å². The van der Waals surface area contributed by atoms with E-state index in [-0.39, 0.29) is 0 Å². The van der Waals surface area contributed by atoms with Crippen molar-refractivity contribution in [2.24, 2.45) is 0 Å². The molecule has 0 saturated carbocycles. The van der Waals surface area contributed by atoms with Crippen molar-refractivity contribution in [2.75, 3.05) is 4.90 Å². The van der Waals surface area contributed by atoms with Gasteiger partial charge in [0.1, 0.15) is 11.2 Å². The van der Waals surface area contributed by atoms with Crippen molar-refractivity contribution >= 4 is 83.7 Å². The molecule has 3 heteroatoms. The molecule has 0 spiro atoms. The summed E-state index contributed by atoms with van der Waals surface area (Å²) < 4.78 is 9.01. The maximum Gasteiger partial charge on any atom is 0.143 e. The normalized spacial score (nSPS) is 12.6. The van der Waals surface area contributed by atoms with Gasteiger partial charge in [-0.1, -0.05) is 207 Å². The van der Waals surface area contributed by atoms with Gasteiger partial charge in [-0.15, -0.1) is 0 Å². The number of para-hydroxylation sites is 4. The Kier molecular flexibility index (Phi) is 10.2. The van der Waals surface area contributed by atoms with Gasteiger partial charge in [0.25, 0.3) is 0 Å². The third-order valence-corrected chi connectivity index (χ3v) is 15.7. The Labute approximate surface area is 430 Å². The van der Waals surface area contributed by atoms with E-state index in [1.54, 1.807) is 0 Å². The standard InChI is InChI=1S/C71H50N2O/c1-3-47-27-31-49(32-28-47)45-71(46-50-33-29-48(4-2)30-34-50)64-43-54(39-41-58(64)59-42-40-55(44-65(59)71)73-67-23-10-7-18-60(67)61-19-8-11-24-68(61)73)72(66-25-13-16-51-15-5-6-17-56(51)66)53-37-35-52(36-38-53)57-21-14-22-63-62-20-9-12-26-69(62)74-70(57)63/h3-44H,1-2,45-46H2. The molecule has 0 saturated heterocycles. The summed E-state index contributed by atoms with van der Waals surface area (Å²) in [6.07, 6.45) is 5.42. The number of aromatic nitrogens is 1. The van der Waals surface area contributed by atoms with Crippen LogP contribution in [0.4, 0.5) is 17.1 Å². The Bertz CT molecular complexity index is 4230. The summed E-state index contributed by atoms with van der Waals surface area (Å²) in [4.78, 5) is 2.46. The van der Waals surface area contributed by atoms with Crippen LogP contribution in [0.1, 0.15) is 33.4 Å². The third-order valence-electron chi connectivity index (χ3n) is 15.7. The summed E-state index contributed by atoms with van der Waals surface area (Å²) in [6.45, 7) is 8.20. The average molecular weight is 947 g/mol. The lowest BCUT2D eigenvalue weighted by molar-refractivity contribution is 0.520. The van der Waals surface area contributed by atoms with Gasteiger partial charge in [0, 0.05) is 55.0 Å². The predicted molar refractivity (Wildman–Crippen MR) is 312 cm³/mol. The van der Waals surface area contributed by atoms with Gasteiger partial charge in [-0.25, -0.2) is 0 Å². The summed E-state index contributed by atoms with van der Waals surface area (Å²) in [5, 5.41) is 7.12. The van der Waals surface area contributed by atoms with Crippen LogP contribution in [0, 0.1) is 0 Å². The molecular formula is C71H50N2O. The Balaban J connectivity index is 0.994. The zero-order chi connectivity index (χ0) is 49.3. The van der Waals surface area contributed by atoms with Gasteiger partial charge >= 0.3 is 0 Å². The minimum Gasteiger partial charge on any atom is -0.455 e. The maximum absolute atomic E-state index is 6.55. The highest BCUT2D eigenvalue weighted by molar-refractivity contribution is 6.11. The molecule has 11 aromatic carbocycles. The molecule has 1 aliphatic carbocycles. The van der Waals surface area contributed by atoms with E-state index in [2.05, 4.69) is 259 Å².